The van der Waals surface area contributed by atoms with E-state index in [0.29, 0.717) is 5.92 Å². The van der Waals surface area contributed by atoms with Gasteiger partial charge in [-0.3, -0.25) is 0 Å². The molecule has 0 amide bonds. The second-order valence-electron chi connectivity index (χ2n) is 3.43. The summed E-state index contributed by atoms with van der Waals surface area (Å²) in [4.78, 5) is 0. The summed E-state index contributed by atoms with van der Waals surface area (Å²) in [5.74, 6) is 0.616. The predicted octanol–water partition coefficient (Wildman–Crippen LogP) is 4.27. The minimum atomic E-state index is 0.616. The second-order valence-corrected chi connectivity index (χ2v) is 3.43. The Morgan fingerprint density at radius 1 is 1.54 bits per heavy atom. The maximum atomic E-state index is 3.71. The van der Waals surface area contributed by atoms with Crippen LogP contribution in [-0.2, 0) is 0 Å². The molecule has 0 fully saturated rings. The molecule has 0 heterocycles. The second kappa shape index (κ2) is 7.64. The van der Waals surface area contributed by atoms with Crippen LogP contribution in [0, 0.1) is 5.92 Å². The lowest BCUT2D eigenvalue weighted by atomic mass is 10.1. The van der Waals surface area contributed by atoms with Gasteiger partial charge >= 0.3 is 0 Å². The van der Waals surface area contributed by atoms with Crippen molar-refractivity contribution in [2.24, 2.45) is 5.92 Å². The molecule has 0 radical (unpaired) electrons. The molecule has 0 aromatic rings. The van der Waals surface area contributed by atoms with Crippen LogP contribution in [0.4, 0.5) is 0 Å². The van der Waals surface area contributed by atoms with Gasteiger partial charge in [-0.25, -0.2) is 0 Å². The van der Waals surface area contributed by atoms with Crippen molar-refractivity contribution in [2.75, 3.05) is 0 Å². The summed E-state index contributed by atoms with van der Waals surface area (Å²) in [5, 5.41) is 0. The van der Waals surface area contributed by atoms with Gasteiger partial charge in [0.15, 0.2) is 0 Å². The van der Waals surface area contributed by atoms with Gasteiger partial charge in [0.25, 0.3) is 0 Å². The third-order valence-corrected chi connectivity index (χ3v) is 1.99. The number of hydrogen-bond donors (Lipinski definition) is 0. The first-order valence-electron chi connectivity index (χ1n) is 4.83. The molecule has 0 saturated heterocycles. The molecule has 13 heavy (non-hydrogen) atoms. The normalized spacial score (nSPS) is 12.5. The van der Waals surface area contributed by atoms with E-state index in [0.717, 1.165) is 19.3 Å². The molecular weight excluding hydrogens is 156 g/mol. The molecule has 0 rings (SSSR count). The summed E-state index contributed by atoms with van der Waals surface area (Å²) in [6.45, 7) is 11.6. The summed E-state index contributed by atoms with van der Waals surface area (Å²) in [6.07, 6.45) is 9.67. The van der Waals surface area contributed by atoms with Crippen LogP contribution in [0.1, 0.15) is 33.1 Å². The minimum Gasteiger partial charge on any atom is -0.130 e. The van der Waals surface area contributed by atoms with E-state index in [1.165, 1.54) is 5.57 Å². The minimum absolute atomic E-state index is 0.616. The van der Waals surface area contributed by atoms with Crippen molar-refractivity contribution >= 4 is 0 Å². The van der Waals surface area contributed by atoms with Crippen molar-refractivity contribution in [3.05, 3.63) is 42.7 Å². The van der Waals surface area contributed by atoms with Crippen molar-refractivity contribution in [3.8, 4) is 0 Å². The van der Waals surface area contributed by atoms with Crippen molar-refractivity contribution in [3.63, 3.8) is 0 Å². The average molecular weight is 176 g/mol. The van der Waals surface area contributed by atoms with Crippen LogP contribution in [-0.4, -0.2) is 0 Å². The highest BCUT2D eigenvalue weighted by Crippen LogP contribution is 2.07. The molecule has 0 bridgehead atoms. The van der Waals surface area contributed by atoms with E-state index in [2.05, 4.69) is 44.9 Å². The Morgan fingerprint density at radius 2 is 2.23 bits per heavy atom. The monoisotopic (exact) mass is 176 g/mol. The Kier molecular flexibility index (Phi) is 7.05. The lowest BCUT2D eigenvalue weighted by molar-refractivity contribution is 0.740. The fourth-order valence-corrected chi connectivity index (χ4v) is 1.06. The van der Waals surface area contributed by atoms with Crippen LogP contribution in [0.2, 0.25) is 0 Å². The average Bonchev–Trinajstić information content (AvgIpc) is 2.12. The number of rotatable bonds is 6. The highest BCUT2D eigenvalue weighted by molar-refractivity contribution is 4.98. The number of hydrogen-bond acceptors (Lipinski definition) is 0. The molecule has 1 atom stereocenters. The first-order chi connectivity index (χ1) is 6.20. The molecule has 0 saturated carbocycles. The van der Waals surface area contributed by atoms with Crippen LogP contribution < -0.4 is 0 Å². The van der Waals surface area contributed by atoms with E-state index < -0.39 is 0 Å². The van der Waals surface area contributed by atoms with Gasteiger partial charge in [-0.05, 0) is 37.7 Å². The SMILES string of the molecule is C=C=C(C)CCC=C[C@@H](C)CC=C. The maximum absolute atomic E-state index is 3.71. The van der Waals surface area contributed by atoms with Gasteiger partial charge in [0.2, 0.25) is 0 Å². The van der Waals surface area contributed by atoms with Gasteiger partial charge in [0, 0.05) is 0 Å². The van der Waals surface area contributed by atoms with Crippen LogP contribution in [0.25, 0.3) is 0 Å². The maximum Gasteiger partial charge on any atom is -0.0212 e. The van der Waals surface area contributed by atoms with Gasteiger partial charge < -0.3 is 0 Å². The topological polar surface area (TPSA) is 0 Å². The van der Waals surface area contributed by atoms with Crippen LogP contribution in [0.15, 0.2) is 42.7 Å². The van der Waals surface area contributed by atoms with Crippen molar-refractivity contribution in [2.45, 2.75) is 33.1 Å². The van der Waals surface area contributed by atoms with E-state index in [1.54, 1.807) is 0 Å². The highest BCUT2D eigenvalue weighted by atomic mass is 14.0. The van der Waals surface area contributed by atoms with Crippen molar-refractivity contribution < 1.29 is 0 Å². The third kappa shape index (κ3) is 7.36. The molecule has 0 heteroatoms. The fourth-order valence-electron chi connectivity index (χ4n) is 1.06. The molecule has 0 aromatic heterocycles. The van der Waals surface area contributed by atoms with Crippen molar-refractivity contribution in [1.82, 2.24) is 0 Å². The molecule has 0 aliphatic rings. The highest BCUT2D eigenvalue weighted by Gasteiger charge is 1.91. The fraction of sp³-hybridized carbons (Fsp3) is 0.462. The Hall–Kier alpha value is -1.00. The van der Waals surface area contributed by atoms with E-state index in [-0.39, 0.29) is 0 Å². The summed E-state index contributed by atoms with van der Waals surface area (Å²) in [5.41, 5.74) is 4.13. The van der Waals surface area contributed by atoms with Crippen LogP contribution in [0.5, 0.6) is 0 Å². The lowest BCUT2D eigenvalue weighted by Gasteiger charge is -1.99. The van der Waals surface area contributed by atoms with Gasteiger partial charge in [-0.2, -0.15) is 0 Å². The van der Waals surface area contributed by atoms with Crippen molar-refractivity contribution in [1.29, 1.82) is 0 Å². The zero-order chi connectivity index (χ0) is 10.1. The zero-order valence-corrected chi connectivity index (χ0v) is 8.84. The van der Waals surface area contributed by atoms with Crippen LogP contribution in [0.3, 0.4) is 0 Å². The molecule has 0 unspecified atom stereocenters. The molecular formula is C13H20. The molecule has 0 aliphatic heterocycles. The zero-order valence-electron chi connectivity index (χ0n) is 8.84. The molecule has 0 spiro atoms. The Balaban J connectivity index is 3.62. The van der Waals surface area contributed by atoms with Gasteiger partial charge in [0.05, 0.1) is 0 Å². The summed E-state index contributed by atoms with van der Waals surface area (Å²) >= 11 is 0. The molecule has 0 aliphatic carbocycles. The van der Waals surface area contributed by atoms with E-state index in [4.69, 9.17) is 0 Å². The molecule has 0 N–H and O–H groups in total. The third-order valence-electron chi connectivity index (χ3n) is 1.99. The summed E-state index contributed by atoms with van der Waals surface area (Å²) in [6, 6.07) is 0. The predicted molar refractivity (Wildman–Crippen MR) is 60.7 cm³/mol. The molecule has 0 nitrogen and oxygen atoms in total. The standard InChI is InChI=1S/C13H20/c1-5-9-13(4)11-8-7-10-12(3)6-2/h5,8,11,13H,1-2,7,9-10H2,3-4H3/t13-/m0/s1. The van der Waals surface area contributed by atoms with E-state index in [9.17, 15) is 0 Å². The Morgan fingerprint density at radius 3 is 2.77 bits per heavy atom. The smallest absolute Gasteiger partial charge is 0.0212 e. The first-order valence-corrected chi connectivity index (χ1v) is 4.83. The van der Waals surface area contributed by atoms with Gasteiger partial charge in [-0.15, -0.1) is 12.3 Å². The Bertz CT molecular complexity index is 214. The number of allylic oxidation sites excluding steroid dienone is 4. The molecule has 0 aromatic carbocycles. The van der Waals surface area contributed by atoms with Gasteiger partial charge in [0.1, 0.15) is 0 Å². The summed E-state index contributed by atoms with van der Waals surface area (Å²) in [7, 11) is 0. The van der Waals surface area contributed by atoms with Crippen LogP contribution >= 0.6 is 0 Å². The Labute approximate surface area is 82.4 Å². The van der Waals surface area contributed by atoms with E-state index >= 15 is 0 Å². The lowest BCUT2D eigenvalue weighted by Crippen LogP contribution is -1.85. The molecule has 72 valence electrons. The quantitative estimate of drug-likeness (QED) is 0.419. The largest absolute Gasteiger partial charge is 0.130 e. The first kappa shape index (κ1) is 12.0. The summed E-state index contributed by atoms with van der Waals surface area (Å²) < 4.78 is 0. The van der Waals surface area contributed by atoms with Gasteiger partial charge in [-0.1, -0.05) is 31.7 Å². The van der Waals surface area contributed by atoms with E-state index in [1.807, 2.05) is 6.08 Å².